The Kier molecular flexibility index (Phi) is 4.42. The van der Waals surface area contributed by atoms with Crippen molar-refractivity contribution in [3.63, 3.8) is 0 Å². The van der Waals surface area contributed by atoms with Gasteiger partial charge in [-0.15, -0.1) is 0 Å². The first-order valence-electron chi connectivity index (χ1n) is 5.64. The van der Waals surface area contributed by atoms with Crippen LogP contribution in [-0.4, -0.2) is 25.0 Å². The molecule has 0 bridgehead atoms. The number of carbonyl (C=O) groups is 1. The Bertz CT molecular complexity index is 419. The zero-order chi connectivity index (χ0) is 12.3. The summed E-state index contributed by atoms with van der Waals surface area (Å²) < 4.78 is 0.747. The van der Waals surface area contributed by atoms with E-state index in [0.29, 0.717) is 10.6 Å². The molecule has 0 aliphatic carbocycles. The molecule has 5 heteroatoms. The van der Waals surface area contributed by atoms with E-state index < -0.39 is 0 Å². The molecule has 1 aromatic carbocycles. The van der Waals surface area contributed by atoms with Crippen LogP contribution >= 0.6 is 27.5 Å². The van der Waals surface area contributed by atoms with Gasteiger partial charge in [-0.25, -0.2) is 0 Å². The number of piperidine rings is 1. The van der Waals surface area contributed by atoms with Crippen LogP contribution in [0, 0.1) is 0 Å². The molecule has 0 aromatic heterocycles. The van der Waals surface area contributed by atoms with Crippen molar-refractivity contribution >= 4 is 33.4 Å². The predicted octanol–water partition coefficient (Wildman–Crippen LogP) is 2.58. The van der Waals surface area contributed by atoms with E-state index in [2.05, 4.69) is 26.6 Å². The molecule has 1 fully saturated rings. The third-order valence-electron chi connectivity index (χ3n) is 2.87. The molecule has 0 saturated carbocycles. The first kappa shape index (κ1) is 12.9. The Morgan fingerprint density at radius 1 is 1.41 bits per heavy atom. The number of halogens is 2. The van der Waals surface area contributed by atoms with E-state index in [1.807, 2.05) is 12.1 Å². The van der Waals surface area contributed by atoms with Crippen LogP contribution in [0.3, 0.4) is 0 Å². The highest BCUT2D eigenvalue weighted by Gasteiger charge is 2.18. The summed E-state index contributed by atoms with van der Waals surface area (Å²) in [4.78, 5) is 12.0. The van der Waals surface area contributed by atoms with E-state index in [1.54, 1.807) is 6.07 Å². The zero-order valence-electron chi connectivity index (χ0n) is 9.30. The topological polar surface area (TPSA) is 41.1 Å². The zero-order valence-corrected chi connectivity index (χ0v) is 11.6. The molecule has 1 aliphatic heterocycles. The lowest BCUT2D eigenvalue weighted by atomic mass is 10.1. The van der Waals surface area contributed by atoms with Gasteiger partial charge in [0.25, 0.3) is 5.91 Å². The van der Waals surface area contributed by atoms with Crippen LogP contribution in [0.4, 0.5) is 0 Å². The second-order valence-corrected chi connectivity index (χ2v) is 5.33. The second kappa shape index (κ2) is 5.85. The molecule has 0 unspecified atom stereocenters. The van der Waals surface area contributed by atoms with Crippen LogP contribution in [0.15, 0.2) is 22.7 Å². The van der Waals surface area contributed by atoms with Gasteiger partial charge in [0.1, 0.15) is 0 Å². The third kappa shape index (κ3) is 3.21. The highest BCUT2D eigenvalue weighted by atomic mass is 79.9. The predicted molar refractivity (Wildman–Crippen MR) is 72.5 cm³/mol. The summed E-state index contributed by atoms with van der Waals surface area (Å²) in [5, 5.41) is 6.75. The van der Waals surface area contributed by atoms with Crippen LogP contribution in [0.1, 0.15) is 23.2 Å². The highest BCUT2D eigenvalue weighted by Crippen LogP contribution is 2.26. The molecule has 1 saturated heterocycles. The van der Waals surface area contributed by atoms with Crippen molar-refractivity contribution in [1.82, 2.24) is 10.6 Å². The number of hydrogen-bond acceptors (Lipinski definition) is 2. The quantitative estimate of drug-likeness (QED) is 0.880. The van der Waals surface area contributed by atoms with Gasteiger partial charge < -0.3 is 10.6 Å². The molecule has 2 N–H and O–H groups in total. The fourth-order valence-corrected chi connectivity index (χ4v) is 2.49. The summed E-state index contributed by atoms with van der Waals surface area (Å²) in [6.45, 7) is 1.91. The fourth-order valence-electron chi connectivity index (χ4n) is 1.91. The van der Waals surface area contributed by atoms with Crippen molar-refractivity contribution in [3.8, 4) is 0 Å². The highest BCUT2D eigenvalue weighted by molar-refractivity contribution is 9.10. The maximum Gasteiger partial charge on any atom is 0.253 e. The Hall–Kier alpha value is -0.580. The lowest BCUT2D eigenvalue weighted by Crippen LogP contribution is -2.42. The lowest BCUT2D eigenvalue weighted by Gasteiger charge is -2.23. The Balaban J connectivity index is 2.06. The Labute approximate surface area is 114 Å². The summed E-state index contributed by atoms with van der Waals surface area (Å²) in [5.74, 6) is -0.0943. The molecular formula is C12H14BrClN2O. The van der Waals surface area contributed by atoms with Gasteiger partial charge in [-0.3, -0.25) is 4.79 Å². The summed E-state index contributed by atoms with van der Waals surface area (Å²) in [7, 11) is 0. The van der Waals surface area contributed by atoms with E-state index >= 15 is 0 Å². The van der Waals surface area contributed by atoms with Crippen LogP contribution in [0.2, 0.25) is 5.02 Å². The van der Waals surface area contributed by atoms with Crippen LogP contribution in [0.5, 0.6) is 0 Å². The molecule has 0 radical (unpaired) electrons. The van der Waals surface area contributed by atoms with Gasteiger partial charge in [-0.05, 0) is 54.0 Å². The van der Waals surface area contributed by atoms with Gasteiger partial charge in [0.05, 0.1) is 10.6 Å². The molecule has 0 atom stereocenters. The standard InChI is InChI=1S/C12H14BrClN2O/c13-10-3-1-2-9(11(10)14)12(17)16-8-4-6-15-7-5-8/h1-3,8,15H,4-7H2,(H,16,17). The minimum Gasteiger partial charge on any atom is -0.349 e. The van der Waals surface area contributed by atoms with E-state index in [4.69, 9.17) is 11.6 Å². The maximum absolute atomic E-state index is 12.0. The monoisotopic (exact) mass is 316 g/mol. The minimum atomic E-state index is -0.0943. The average molecular weight is 318 g/mol. The van der Waals surface area contributed by atoms with E-state index in [-0.39, 0.29) is 11.9 Å². The van der Waals surface area contributed by atoms with Gasteiger partial charge in [0.15, 0.2) is 0 Å². The molecule has 1 aromatic rings. The van der Waals surface area contributed by atoms with Gasteiger partial charge >= 0.3 is 0 Å². The minimum absolute atomic E-state index is 0.0943. The molecule has 1 aliphatic rings. The molecule has 0 spiro atoms. The first-order chi connectivity index (χ1) is 8.18. The van der Waals surface area contributed by atoms with Crippen molar-refractivity contribution < 1.29 is 4.79 Å². The van der Waals surface area contributed by atoms with Crippen molar-refractivity contribution in [2.24, 2.45) is 0 Å². The van der Waals surface area contributed by atoms with Crippen LogP contribution in [-0.2, 0) is 0 Å². The molecule has 92 valence electrons. The largest absolute Gasteiger partial charge is 0.349 e. The first-order valence-corrected chi connectivity index (χ1v) is 6.81. The molecule has 3 nitrogen and oxygen atoms in total. The molecule has 2 rings (SSSR count). The summed E-state index contributed by atoms with van der Waals surface area (Å²) in [6, 6.07) is 5.62. The molecular weight excluding hydrogens is 304 g/mol. The number of rotatable bonds is 2. The van der Waals surface area contributed by atoms with E-state index in [0.717, 1.165) is 30.4 Å². The average Bonchev–Trinajstić information content (AvgIpc) is 2.34. The third-order valence-corrected chi connectivity index (χ3v) is 4.17. The van der Waals surface area contributed by atoms with Gasteiger partial charge in [-0.2, -0.15) is 0 Å². The summed E-state index contributed by atoms with van der Waals surface area (Å²) in [6.07, 6.45) is 1.94. The van der Waals surface area contributed by atoms with Gasteiger partial charge in [0.2, 0.25) is 0 Å². The summed E-state index contributed by atoms with van der Waals surface area (Å²) in [5.41, 5.74) is 0.527. The Morgan fingerprint density at radius 3 is 2.82 bits per heavy atom. The van der Waals surface area contributed by atoms with Crippen molar-refractivity contribution in [2.75, 3.05) is 13.1 Å². The van der Waals surface area contributed by atoms with Crippen LogP contribution in [0.25, 0.3) is 0 Å². The second-order valence-electron chi connectivity index (χ2n) is 4.10. The number of hydrogen-bond donors (Lipinski definition) is 2. The SMILES string of the molecule is O=C(NC1CCNCC1)c1cccc(Br)c1Cl. The van der Waals surface area contributed by atoms with E-state index in [9.17, 15) is 4.79 Å². The number of carbonyl (C=O) groups excluding carboxylic acids is 1. The molecule has 17 heavy (non-hydrogen) atoms. The molecule has 1 amide bonds. The molecule has 1 heterocycles. The van der Waals surface area contributed by atoms with Crippen molar-refractivity contribution in [3.05, 3.63) is 33.3 Å². The van der Waals surface area contributed by atoms with Crippen LogP contribution < -0.4 is 10.6 Å². The van der Waals surface area contributed by atoms with Gasteiger partial charge in [-0.1, -0.05) is 17.7 Å². The number of benzene rings is 1. The smallest absolute Gasteiger partial charge is 0.253 e. The van der Waals surface area contributed by atoms with Gasteiger partial charge in [0, 0.05) is 10.5 Å². The van der Waals surface area contributed by atoms with Crippen molar-refractivity contribution in [1.29, 1.82) is 0 Å². The normalized spacial score (nSPS) is 16.8. The lowest BCUT2D eigenvalue weighted by molar-refractivity contribution is 0.0929. The maximum atomic E-state index is 12.0. The number of nitrogens with one attached hydrogen (secondary N) is 2. The fraction of sp³-hybridized carbons (Fsp3) is 0.417. The summed E-state index contributed by atoms with van der Waals surface area (Å²) >= 11 is 9.40. The van der Waals surface area contributed by atoms with Crippen molar-refractivity contribution in [2.45, 2.75) is 18.9 Å². The number of amides is 1. The Morgan fingerprint density at radius 2 is 2.12 bits per heavy atom. The van der Waals surface area contributed by atoms with E-state index in [1.165, 1.54) is 0 Å².